The molecule has 182 valence electrons. The van der Waals surface area contributed by atoms with Crippen LogP contribution in [0.25, 0.3) is 17.2 Å². The fourth-order valence-electron chi connectivity index (χ4n) is 3.25. The third-order valence-electron chi connectivity index (χ3n) is 5.06. The lowest BCUT2D eigenvalue weighted by Crippen LogP contribution is -2.29. The molecule has 3 heterocycles. The Bertz CT molecular complexity index is 1430. The fraction of sp³-hybridized carbons (Fsp3) is 0.227. The molecule has 0 unspecified atom stereocenters. The maximum atomic E-state index is 13.2. The number of ether oxygens (including phenoxy) is 2. The predicted octanol–water partition coefficient (Wildman–Crippen LogP) is 2.65. The summed E-state index contributed by atoms with van der Waals surface area (Å²) in [6, 6.07) is 12.1. The summed E-state index contributed by atoms with van der Waals surface area (Å²) >= 11 is 0. The van der Waals surface area contributed by atoms with Gasteiger partial charge in [0.05, 0.1) is 37.6 Å². The second-order valence-electron chi connectivity index (χ2n) is 7.40. The van der Waals surface area contributed by atoms with E-state index in [1.165, 1.54) is 25.7 Å². The zero-order chi connectivity index (χ0) is 25.0. The molecule has 0 spiro atoms. The summed E-state index contributed by atoms with van der Waals surface area (Å²) < 4.78 is 54.1. The zero-order valence-corrected chi connectivity index (χ0v) is 19.9. The predicted molar refractivity (Wildman–Crippen MR) is 125 cm³/mol. The van der Waals surface area contributed by atoms with E-state index in [-0.39, 0.29) is 24.0 Å². The molecule has 1 atom stereocenters. The number of nitrogens with zero attached hydrogens (tertiary/aromatic N) is 6. The Hall–Kier alpha value is -4.13. The number of hydrogen-bond acceptors (Lipinski definition) is 9. The third-order valence-corrected chi connectivity index (χ3v) is 6.75. The fourth-order valence-corrected chi connectivity index (χ4v) is 4.21. The largest absolute Gasteiger partial charge is 0.495 e. The highest BCUT2D eigenvalue weighted by Crippen LogP contribution is 2.31. The van der Waals surface area contributed by atoms with Gasteiger partial charge < -0.3 is 9.47 Å². The van der Waals surface area contributed by atoms with Gasteiger partial charge in [0.2, 0.25) is 21.9 Å². The van der Waals surface area contributed by atoms with Crippen molar-refractivity contribution in [1.82, 2.24) is 29.7 Å². The molecule has 0 aliphatic rings. The topological polar surface area (TPSA) is 134 Å². The first-order valence-electron chi connectivity index (χ1n) is 10.4. The van der Waals surface area contributed by atoms with E-state index in [1.807, 2.05) is 0 Å². The smallest absolute Gasteiger partial charge is 0.243 e. The summed E-state index contributed by atoms with van der Waals surface area (Å²) in [6.07, 6.45) is 1.93. The third kappa shape index (κ3) is 5.19. The highest BCUT2D eigenvalue weighted by Gasteiger charge is 2.27. The van der Waals surface area contributed by atoms with Gasteiger partial charge in [-0.3, -0.25) is 9.29 Å². The van der Waals surface area contributed by atoms with Gasteiger partial charge in [-0.1, -0.05) is 18.2 Å². The lowest BCUT2D eigenvalue weighted by Gasteiger charge is -2.17. The molecule has 0 saturated carbocycles. The van der Waals surface area contributed by atoms with E-state index in [1.54, 1.807) is 42.5 Å². The summed E-state index contributed by atoms with van der Waals surface area (Å²) in [4.78, 5) is 12.1. The van der Waals surface area contributed by atoms with Crippen LogP contribution >= 0.6 is 0 Å². The van der Waals surface area contributed by atoms with Crippen molar-refractivity contribution in [2.45, 2.75) is 18.6 Å². The number of benzene rings is 1. The number of anilines is 1. The van der Waals surface area contributed by atoms with Crippen LogP contribution in [0.4, 0.5) is 10.3 Å². The van der Waals surface area contributed by atoms with E-state index < -0.39 is 21.1 Å². The molecule has 13 heteroatoms. The molecule has 0 saturated heterocycles. The van der Waals surface area contributed by atoms with Gasteiger partial charge in [0.25, 0.3) is 0 Å². The van der Waals surface area contributed by atoms with Crippen LogP contribution in [0.3, 0.4) is 0 Å². The van der Waals surface area contributed by atoms with Gasteiger partial charge >= 0.3 is 0 Å². The summed E-state index contributed by atoms with van der Waals surface area (Å²) in [5.74, 6) is 0.598. The first-order valence-corrected chi connectivity index (χ1v) is 11.9. The van der Waals surface area contributed by atoms with Crippen LogP contribution in [0.15, 0.2) is 54.9 Å². The summed E-state index contributed by atoms with van der Waals surface area (Å²) in [5, 5.41) is 7.32. The van der Waals surface area contributed by atoms with E-state index in [2.05, 4.69) is 29.9 Å². The Morgan fingerprint density at radius 3 is 2.49 bits per heavy atom. The van der Waals surface area contributed by atoms with Gasteiger partial charge in [-0.05, 0) is 25.1 Å². The van der Waals surface area contributed by atoms with Crippen molar-refractivity contribution in [3.8, 4) is 28.8 Å². The molecule has 35 heavy (non-hydrogen) atoms. The number of pyridine rings is 1. The molecule has 0 fully saturated rings. The Kier molecular flexibility index (Phi) is 6.87. The molecule has 11 nitrogen and oxygen atoms in total. The molecule has 4 rings (SSSR count). The molecule has 4 aromatic rings. The highest BCUT2D eigenvalue weighted by atomic mass is 32.2. The van der Waals surface area contributed by atoms with Gasteiger partial charge in [-0.15, -0.1) is 10.2 Å². The zero-order valence-electron chi connectivity index (χ0n) is 19.1. The quantitative estimate of drug-likeness (QED) is 0.369. The monoisotopic (exact) mass is 499 g/mol. The summed E-state index contributed by atoms with van der Waals surface area (Å²) in [7, 11) is -0.996. The summed E-state index contributed by atoms with van der Waals surface area (Å²) in [6.45, 7) is 1.49. The second-order valence-corrected chi connectivity index (χ2v) is 9.50. The maximum Gasteiger partial charge on any atom is 0.243 e. The normalized spacial score (nSPS) is 12.2. The Labute approximate surface area is 201 Å². The lowest BCUT2D eigenvalue weighted by molar-refractivity contribution is 0.398. The maximum absolute atomic E-state index is 13.2. The molecule has 0 radical (unpaired) electrons. The molecule has 1 aromatic carbocycles. The highest BCUT2D eigenvalue weighted by molar-refractivity contribution is 7.93. The number of methoxy groups -OCH3 is 2. The number of rotatable bonds is 9. The second kappa shape index (κ2) is 10.0. The molecular weight excluding hydrogens is 477 g/mol. The first-order chi connectivity index (χ1) is 16.8. The van der Waals surface area contributed by atoms with Crippen molar-refractivity contribution in [1.29, 1.82) is 0 Å². The molecule has 0 bridgehead atoms. The molecule has 0 amide bonds. The number of nitrogens with one attached hydrogen (secondary N) is 1. The van der Waals surface area contributed by atoms with Crippen LogP contribution in [0.5, 0.6) is 11.6 Å². The molecule has 3 aromatic heterocycles. The van der Waals surface area contributed by atoms with E-state index >= 15 is 0 Å². The van der Waals surface area contributed by atoms with Crippen molar-refractivity contribution in [3.05, 3.63) is 66.5 Å². The average molecular weight is 500 g/mol. The molecule has 0 aliphatic carbocycles. The van der Waals surface area contributed by atoms with E-state index in [0.717, 1.165) is 12.4 Å². The minimum Gasteiger partial charge on any atom is -0.495 e. The van der Waals surface area contributed by atoms with Crippen molar-refractivity contribution in [2.75, 3.05) is 18.9 Å². The van der Waals surface area contributed by atoms with Gasteiger partial charge in [0, 0.05) is 12.5 Å². The van der Waals surface area contributed by atoms with Gasteiger partial charge in [0.1, 0.15) is 17.3 Å². The van der Waals surface area contributed by atoms with Crippen LogP contribution in [0, 0.1) is 5.82 Å². The van der Waals surface area contributed by atoms with E-state index in [4.69, 9.17) is 9.47 Å². The number of para-hydroxylation sites is 2. The average Bonchev–Trinajstić information content (AvgIpc) is 3.27. The Morgan fingerprint density at radius 1 is 1.03 bits per heavy atom. The lowest BCUT2D eigenvalue weighted by atomic mass is 10.2. The van der Waals surface area contributed by atoms with Crippen LogP contribution in [0.2, 0.25) is 0 Å². The van der Waals surface area contributed by atoms with Crippen LogP contribution in [-0.4, -0.2) is 57.6 Å². The number of sulfonamides is 1. The minimum atomic E-state index is -3.99. The number of aromatic nitrogens is 6. The van der Waals surface area contributed by atoms with Crippen molar-refractivity contribution in [3.63, 3.8) is 0 Å². The summed E-state index contributed by atoms with van der Waals surface area (Å²) in [5.41, 5.74) is 0.896. The molecule has 1 N–H and O–H groups in total. The number of hydrogen-bond donors (Lipinski definition) is 1. The molecular formula is C22H22FN7O4S. The standard InChI is InChI=1S/C22H22FN7O4S/c1-14(11-19-24-12-15(23)13-25-19)35(31,32)29-22-28-27-21(16-7-6-10-20(26-16)34-3)30(22)17-8-4-5-9-18(17)33-2/h4-10,12-14H,11H2,1-3H3,(H,28,29)/t14-/m1/s1. The first kappa shape index (κ1) is 24.0. The van der Waals surface area contributed by atoms with Crippen molar-refractivity contribution in [2.24, 2.45) is 0 Å². The SMILES string of the molecule is COc1cccc(-c2nnc(NS(=O)(=O)[C@H](C)Cc3ncc(F)cn3)n2-c2ccccc2OC)n1. The Balaban J connectivity index is 1.75. The van der Waals surface area contributed by atoms with Gasteiger partial charge in [-0.2, -0.15) is 0 Å². The van der Waals surface area contributed by atoms with Gasteiger partial charge in [-0.25, -0.2) is 27.8 Å². The molecule has 0 aliphatic heterocycles. The van der Waals surface area contributed by atoms with Crippen LogP contribution in [-0.2, 0) is 16.4 Å². The van der Waals surface area contributed by atoms with Crippen molar-refractivity contribution < 1.29 is 22.3 Å². The number of halogens is 1. The Morgan fingerprint density at radius 2 is 1.77 bits per heavy atom. The van der Waals surface area contributed by atoms with Crippen molar-refractivity contribution >= 4 is 16.0 Å². The van der Waals surface area contributed by atoms with Crippen LogP contribution in [0.1, 0.15) is 12.7 Å². The van der Waals surface area contributed by atoms with Gasteiger partial charge in [0.15, 0.2) is 11.6 Å². The minimum absolute atomic E-state index is 0.0390. The van der Waals surface area contributed by atoms with E-state index in [0.29, 0.717) is 23.0 Å². The van der Waals surface area contributed by atoms with Crippen LogP contribution < -0.4 is 14.2 Å². The van der Waals surface area contributed by atoms with E-state index in [9.17, 15) is 12.8 Å².